The fraction of sp³-hybridized carbons (Fsp3) is 0.111. The van der Waals surface area contributed by atoms with Crippen LogP contribution < -0.4 is 4.74 Å². The van der Waals surface area contributed by atoms with Gasteiger partial charge in [-0.2, -0.15) is 0 Å². The van der Waals surface area contributed by atoms with Crippen LogP contribution in [0, 0.1) is 6.92 Å². The Morgan fingerprint density at radius 3 is 1.90 bits per heavy atom. The highest BCUT2D eigenvalue weighted by Gasteiger charge is 2.30. The van der Waals surface area contributed by atoms with E-state index in [0.29, 0.717) is 0 Å². The number of hydrogen-bond donors (Lipinski definition) is 0. The number of ether oxygens (including phenoxy) is 1. The largest absolute Gasteiger partial charge is 0.465 e. The molecule has 1 aliphatic heterocycles. The lowest BCUT2D eigenvalue weighted by molar-refractivity contribution is 0.426. The van der Waals surface area contributed by atoms with Gasteiger partial charge in [0.2, 0.25) is 0 Å². The molecule has 0 atom stereocenters. The highest BCUT2D eigenvalue weighted by atomic mass is 16.5. The number of para-hydroxylation sites is 2. The minimum absolute atomic E-state index is 0.102. The average molecular weight is 262 g/mol. The van der Waals surface area contributed by atoms with Crippen molar-refractivity contribution in [1.82, 2.24) is 0 Å². The molecule has 1 aliphatic rings. The van der Waals surface area contributed by atoms with E-state index in [9.17, 15) is 0 Å². The molecule has 2 heteroatoms. The van der Waals surface area contributed by atoms with E-state index >= 15 is 0 Å². The number of furan rings is 1. The molecular formula is C18H14O2. The lowest BCUT2D eigenvalue weighted by Crippen LogP contribution is -2.10. The monoisotopic (exact) mass is 262 g/mol. The minimum atomic E-state index is 0.102. The van der Waals surface area contributed by atoms with Gasteiger partial charge in [-0.25, -0.2) is 0 Å². The predicted octanol–water partition coefficient (Wildman–Crippen LogP) is 4.87. The zero-order chi connectivity index (χ0) is 13.5. The van der Waals surface area contributed by atoms with Gasteiger partial charge >= 0.3 is 0 Å². The molecule has 20 heavy (non-hydrogen) atoms. The normalized spacial score (nSPS) is 13.4. The first kappa shape index (κ1) is 11.4. The molecule has 0 N–H and O–H groups in total. The second kappa shape index (κ2) is 4.27. The molecule has 0 aliphatic carbocycles. The van der Waals surface area contributed by atoms with Crippen LogP contribution in [0.2, 0.25) is 0 Å². The summed E-state index contributed by atoms with van der Waals surface area (Å²) in [5, 5.41) is 0. The summed E-state index contributed by atoms with van der Waals surface area (Å²) in [6.07, 6.45) is 0. The molecule has 0 saturated carbocycles. The predicted molar refractivity (Wildman–Crippen MR) is 77.3 cm³/mol. The van der Waals surface area contributed by atoms with Gasteiger partial charge < -0.3 is 9.15 Å². The molecule has 2 aromatic carbocycles. The maximum absolute atomic E-state index is 5.99. The maximum Gasteiger partial charge on any atom is 0.131 e. The highest BCUT2D eigenvalue weighted by Crippen LogP contribution is 2.47. The van der Waals surface area contributed by atoms with Gasteiger partial charge in [0.05, 0.1) is 5.92 Å². The third-order valence-corrected chi connectivity index (χ3v) is 3.73. The Hall–Kier alpha value is -2.48. The van der Waals surface area contributed by atoms with Crippen LogP contribution in [0.25, 0.3) is 0 Å². The molecule has 0 amide bonds. The second-order valence-corrected chi connectivity index (χ2v) is 5.06. The Morgan fingerprint density at radius 1 is 0.750 bits per heavy atom. The molecule has 1 aromatic heterocycles. The lowest BCUT2D eigenvalue weighted by atomic mass is 9.86. The molecule has 4 rings (SSSR count). The van der Waals surface area contributed by atoms with E-state index in [0.717, 1.165) is 34.1 Å². The first-order chi connectivity index (χ1) is 9.83. The van der Waals surface area contributed by atoms with E-state index in [4.69, 9.17) is 9.15 Å². The molecular weight excluding hydrogens is 248 g/mol. The van der Waals surface area contributed by atoms with Crippen LogP contribution in [0.1, 0.15) is 28.6 Å². The number of hydrogen-bond acceptors (Lipinski definition) is 2. The Kier molecular flexibility index (Phi) is 2.43. The summed E-state index contributed by atoms with van der Waals surface area (Å²) in [5.41, 5.74) is 2.31. The van der Waals surface area contributed by atoms with Crippen LogP contribution in [0.15, 0.2) is 65.1 Å². The second-order valence-electron chi connectivity index (χ2n) is 5.06. The topological polar surface area (TPSA) is 22.4 Å². The van der Waals surface area contributed by atoms with Crippen LogP contribution in [0.5, 0.6) is 11.5 Å². The molecule has 2 heterocycles. The van der Waals surface area contributed by atoms with Crippen molar-refractivity contribution in [2.45, 2.75) is 12.8 Å². The van der Waals surface area contributed by atoms with Crippen molar-refractivity contribution in [3.8, 4) is 11.5 Å². The SMILES string of the molecule is Cc1ccc(C2c3ccccc3Oc3ccccc32)o1. The summed E-state index contributed by atoms with van der Waals surface area (Å²) in [6, 6.07) is 20.4. The third kappa shape index (κ3) is 1.65. The van der Waals surface area contributed by atoms with Crippen LogP contribution in [0.3, 0.4) is 0 Å². The van der Waals surface area contributed by atoms with Crippen LogP contribution in [-0.4, -0.2) is 0 Å². The molecule has 0 radical (unpaired) electrons. The van der Waals surface area contributed by atoms with Gasteiger partial charge in [0, 0.05) is 11.1 Å². The number of rotatable bonds is 1. The van der Waals surface area contributed by atoms with Crippen LogP contribution in [0.4, 0.5) is 0 Å². The van der Waals surface area contributed by atoms with Crippen molar-refractivity contribution in [3.63, 3.8) is 0 Å². The number of fused-ring (bicyclic) bond motifs is 2. The van der Waals surface area contributed by atoms with Crippen molar-refractivity contribution >= 4 is 0 Å². The van der Waals surface area contributed by atoms with E-state index < -0.39 is 0 Å². The van der Waals surface area contributed by atoms with Gasteiger partial charge in [0.1, 0.15) is 23.0 Å². The van der Waals surface area contributed by atoms with Crippen molar-refractivity contribution in [1.29, 1.82) is 0 Å². The zero-order valence-corrected chi connectivity index (χ0v) is 11.2. The van der Waals surface area contributed by atoms with Gasteiger partial charge in [0.15, 0.2) is 0 Å². The molecule has 2 nitrogen and oxygen atoms in total. The van der Waals surface area contributed by atoms with E-state index in [1.807, 2.05) is 49.4 Å². The van der Waals surface area contributed by atoms with Crippen molar-refractivity contribution < 1.29 is 9.15 Å². The van der Waals surface area contributed by atoms with Gasteiger partial charge in [-0.15, -0.1) is 0 Å². The summed E-state index contributed by atoms with van der Waals surface area (Å²) in [7, 11) is 0. The van der Waals surface area contributed by atoms with E-state index in [1.54, 1.807) is 0 Å². The summed E-state index contributed by atoms with van der Waals surface area (Å²) in [4.78, 5) is 0. The molecule has 0 saturated heterocycles. The molecule has 0 unspecified atom stereocenters. The fourth-order valence-corrected chi connectivity index (χ4v) is 2.83. The van der Waals surface area contributed by atoms with Crippen molar-refractivity contribution in [3.05, 3.63) is 83.3 Å². The Labute approximate surface area is 117 Å². The highest BCUT2D eigenvalue weighted by molar-refractivity contribution is 5.56. The summed E-state index contributed by atoms with van der Waals surface area (Å²) in [5.74, 6) is 3.81. The fourth-order valence-electron chi connectivity index (χ4n) is 2.83. The quantitative estimate of drug-likeness (QED) is 0.488. The first-order valence-electron chi connectivity index (χ1n) is 6.75. The smallest absolute Gasteiger partial charge is 0.131 e. The zero-order valence-electron chi connectivity index (χ0n) is 11.2. The first-order valence-corrected chi connectivity index (χ1v) is 6.75. The molecule has 0 fully saturated rings. The lowest BCUT2D eigenvalue weighted by Gasteiger charge is -2.26. The molecule has 3 aromatic rings. The van der Waals surface area contributed by atoms with Gasteiger partial charge in [-0.05, 0) is 31.2 Å². The van der Waals surface area contributed by atoms with E-state index in [-0.39, 0.29) is 5.92 Å². The van der Waals surface area contributed by atoms with Crippen molar-refractivity contribution in [2.75, 3.05) is 0 Å². The standard InChI is InChI=1S/C18H14O2/c1-12-10-11-17(19-12)18-13-6-2-4-8-15(13)20-16-9-5-3-7-14(16)18/h2-11,18H,1H3. The van der Waals surface area contributed by atoms with Crippen LogP contribution >= 0.6 is 0 Å². The molecule has 0 bridgehead atoms. The summed E-state index contributed by atoms with van der Waals surface area (Å²) < 4.78 is 11.9. The van der Waals surface area contributed by atoms with Gasteiger partial charge in [0.25, 0.3) is 0 Å². The van der Waals surface area contributed by atoms with E-state index in [2.05, 4.69) is 18.2 Å². The molecule has 0 spiro atoms. The summed E-state index contributed by atoms with van der Waals surface area (Å²) >= 11 is 0. The number of benzene rings is 2. The molecule has 98 valence electrons. The average Bonchev–Trinajstić information content (AvgIpc) is 2.91. The van der Waals surface area contributed by atoms with E-state index in [1.165, 1.54) is 0 Å². The Balaban J connectivity index is 1.97. The van der Waals surface area contributed by atoms with Gasteiger partial charge in [-0.3, -0.25) is 0 Å². The maximum atomic E-state index is 5.99. The number of aryl methyl sites for hydroxylation is 1. The van der Waals surface area contributed by atoms with Crippen molar-refractivity contribution in [2.24, 2.45) is 0 Å². The Bertz CT molecular complexity index is 725. The minimum Gasteiger partial charge on any atom is -0.465 e. The third-order valence-electron chi connectivity index (χ3n) is 3.73. The van der Waals surface area contributed by atoms with Crippen LogP contribution in [-0.2, 0) is 0 Å². The Morgan fingerprint density at radius 2 is 1.35 bits per heavy atom. The van der Waals surface area contributed by atoms with Gasteiger partial charge in [-0.1, -0.05) is 36.4 Å². The summed E-state index contributed by atoms with van der Waals surface area (Å²) in [6.45, 7) is 1.97.